The molecular weight excluding hydrogens is 256 g/mol. The molecule has 0 aliphatic carbocycles. The first-order chi connectivity index (χ1) is 7.22. The lowest BCUT2D eigenvalue weighted by Crippen LogP contribution is -1.95. The zero-order valence-electron chi connectivity index (χ0n) is 8.83. The lowest BCUT2D eigenvalue weighted by atomic mass is 10.2. The molecule has 3 heteroatoms. The number of rotatable bonds is 6. The molecule has 0 unspecified atom stereocenters. The summed E-state index contributed by atoms with van der Waals surface area (Å²) in [4.78, 5) is 0. The molecule has 0 aromatic heterocycles. The molecule has 0 aliphatic rings. The van der Waals surface area contributed by atoms with Gasteiger partial charge in [-0.05, 0) is 22.2 Å². The third-order valence-corrected chi connectivity index (χ3v) is 2.34. The third kappa shape index (κ3) is 5.00. The lowest BCUT2D eigenvalue weighted by molar-refractivity contribution is 0.125. The van der Waals surface area contributed by atoms with E-state index >= 15 is 0 Å². The van der Waals surface area contributed by atoms with Crippen LogP contribution in [0.25, 0.3) is 0 Å². The number of hydrogen-bond acceptors (Lipinski definition) is 2. The first-order valence-electron chi connectivity index (χ1n) is 4.76. The largest absolute Gasteiger partial charge is 0.497 e. The van der Waals surface area contributed by atoms with Crippen LogP contribution in [0.3, 0.4) is 0 Å². The Labute approximate surface area is 99.0 Å². The van der Waals surface area contributed by atoms with E-state index in [0.29, 0.717) is 13.2 Å². The van der Waals surface area contributed by atoms with Gasteiger partial charge in [0.05, 0.1) is 20.3 Å². The van der Waals surface area contributed by atoms with Crippen molar-refractivity contribution in [2.75, 3.05) is 13.7 Å². The summed E-state index contributed by atoms with van der Waals surface area (Å²) >= 11 is 3.29. The average molecular weight is 271 g/mol. The molecule has 0 fully saturated rings. The molecule has 0 spiro atoms. The van der Waals surface area contributed by atoms with Crippen LogP contribution >= 0.6 is 15.9 Å². The zero-order valence-corrected chi connectivity index (χ0v) is 10.4. The summed E-state index contributed by atoms with van der Waals surface area (Å²) in [5, 5.41) is 0. The van der Waals surface area contributed by atoms with Crippen molar-refractivity contribution in [3.8, 4) is 5.75 Å². The first-order valence-corrected chi connectivity index (χ1v) is 5.55. The van der Waals surface area contributed by atoms with Crippen LogP contribution in [-0.2, 0) is 11.3 Å². The van der Waals surface area contributed by atoms with Crippen molar-refractivity contribution < 1.29 is 9.47 Å². The van der Waals surface area contributed by atoms with E-state index in [0.717, 1.165) is 22.2 Å². The lowest BCUT2D eigenvalue weighted by Gasteiger charge is -2.04. The second-order valence-electron chi connectivity index (χ2n) is 3.17. The highest BCUT2D eigenvalue weighted by molar-refractivity contribution is 9.11. The standard InChI is InChI=1S/C12H15BrO2/c1-10(13)7-8-15-9-11-3-5-12(14-2)6-4-11/h3-6H,1,7-9H2,2H3. The van der Waals surface area contributed by atoms with Gasteiger partial charge >= 0.3 is 0 Å². The van der Waals surface area contributed by atoms with Gasteiger partial charge in [0.25, 0.3) is 0 Å². The van der Waals surface area contributed by atoms with Crippen LogP contribution in [0, 0.1) is 0 Å². The van der Waals surface area contributed by atoms with Gasteiger partial charge in [-0.15, -0.1) is 0 Å². The Kier molecular flexibility index (Phi) is 5.43. The van der Waals surface area contributed by atoms with Crippen LogP contribution in [0.1, 0.15) is 12.0 Å². The maximum atomic E-state index is 5.47. The maximum Gasteiger partial charge on any atom is 0.118 e. The first kappa shape index (κ1) is 12.3. The van der Waals surface area contributed by atoms with Gasteiger partial charge in [0.15, 0.2) is 0 Å². The van der Waals surface area contributed by atoms with Crippen LogP contribution in [-0.4, -0.2) is 13.7 Å². The Morgan fingerprint density at radius 2 is 2.00 bits per heavy atom. The fourth-order valence-electron chi connectivity index (χ4n) is 1.09. The van der Waals surface area contributed by atoms with Crippen LogP contribution in [0.2, 0.25) is 0 Å². The average Bonchev–Trinajstić information content (AvgIpc) is 2.25. The highest BCUT2D eigenvalue weighted by Crippen LogP contribution is 2.12. The summed E-state index contributed by atoms with van der Waals surface area (Å²) in [5.41, 5.74) is 1.15. The quantitative estimate of drug-likeness (QED) is 0.737. The predicted octanol–water partition coefficient (Wildman–Crippen LogP) is 3.51. The Balaban J connectivity index is 2.28. The molecule has 0 atom stereocenters. The van der Waals surface area contributed by atoms with Crippen LogP contribution in [0.4, 0.5) is 0 Å². The molecule has 0 amide bonds. The summed E-state index contributed by atoms with van der Waals surface area (Å²) in [5.74, 6) is 0.868. The van der Waals surface area contributed by atoms with Gasteiger partial charge in [-0.2, -0.15) is 0 Å². The van der Waals surface area contributed by atoms with E-state index in [1.54, 1.807) is 7.11 Å². The number of hydrogen-bond donors (Lipinski definition) is 0. The molecule has 0 N–H and O–H groups in total. The molecule has 0 saturated heterocycles. The molecular formula is C12H15BrO2. The molecule has 0 aliphatic heterocycles. The summed E-state index contributed by atoms with van der Waals surface area (Å²) in [7, 11) is 1.66. The highest BCUT2D eigenvalue weighted by atomic mass is 79.9. The number of halogens is 1. The Hall–Kier alpha value is -0.800. The summed E-state index contributed by atoms with van der Waals surface area (Å²) in [6.07, 6.45) is 0.843. The van der Waals surface area contributed by atoms with Gasteiger partial charge in [-0.25, -0.2) is 0 Å². The van der Waals surface area contributed by atoms with E-state index in [-0.39, 0.29) is 0 Å². The van der Waals surface area contributed by atoms with Gasteiger partial charge in [0.2, 0.25) is 0 Å². The van der Waals surface area contributed by atoms with E-state index in [2.05, 4.69) is 22.5 Å². The molecule has 0 bridgehead atoms. The van der Waals surface area contributed by atoms with Crippen molar-refractivity contribution in [2.45, 2.75) is 13.0 Å². The van der Waals surface area contributed by atoms with E-state index in [1.807, 2.05) is 24.3 Å². The molecule has 2 nitrogen and oxygen atoms in total. The van der Waals surface area contributed by atoms with Crippen LogP contribution in [0.5, 0.6) is 5.75 Å². The topological polar surface area (TPSA) is 18.5 Å². The summed E-state index contributed by atoms with van der Waals surface area (Å²) in [6, 6.07) is 7.87. The van der Waals surface area contributed by atoms with Crippen molar-refractivity contribution in [1.29, 1.82) is 0 Å². The highest BCUT2D eigenvalue weighted by Gasteiger charge is 1.95. The smallest absolute Gasteiger partial charge is 0.118 e. The molecule has 0 heterocycles. The van der Waals surface area contributed by atoms with Gasteiger partial charge < -0.3 is 9.47 Å². The normalized spacial score (nSPS) is 10.0. The van der Waals surface area contributed by atoms with Gasteiger partial charge in [-0.3, -0.25) is 0 Å². The monoisotopic (exact) mass is 270 g/mol. The maximum absolute atomic E-state index is 5.47. The van der Waals surface area contributed by atoms with Gasteiger partial charge in [-0.1, -0.05) is 34.6 Å². The minimum absolute atomic E-state index is 0.629. The fourth-order valence-corrected chi connectivity index (χ4v) is 1.26. The predicted molar refractivity (Wildman–Crippen MR) is 65.3 cm³/mol. The molecule has 15 heavy (non-hydrogen) atoms. The van der Waals surface area contributed by atoms with E-state index in [1.165, 1.54) is 0 Å². The molecule has 82 valence electrons. The van der Waals surface area contributed by atoms with Crippen molar-refractivity contribution in [2.24, 2.45) is 0 Å². The summed E-state index contributed by atoms with van der Waals surface area (Å²) < 4.78 is 11.5. The molecule has 0 radical (unpaired) electrons. The van der Waals surface area contributed by atoms with E-state index < -0.39 is 0 Å². The molecule has 1 aromatic carbocycles. The number of ether oxygens (including phenoxy) is 2. The van der Waals surface area contributed by atoms with Crippen molar-refractivity contribution in [3.63, 3.8) is 0 Å². The van der Waals surface area contributed by atoms with Crippen LogP contribution in [0.15, 0.2) is 35.3 Å². The molecule has 1 rings (SSSR count). The number of methoxy groups -OCH3 is 1. The Morgan fingerprint density at radius 1 is 1.33 bits per heavy atom. The van der Waals surface area contributed by atoms with Crippen LogP contribution < -0.4 is 4.74 Å². The van der Waals surface area contributed by atoms with Crippen molar-refractivity contribution in [1.82, 2.24) is 0 Å². The van der Waals surface area contributed by atoms with Gasteiger partial charge in [0, 0.05) is 6.42 Å². The summed E-state index contributed by atoms with van der Waals surface area (Å²) in [6.45, 7) is 5.06. The molecule has 1 aromatic rings. The fraction of sp³-hybridized carbons (Fsp3) is 0.333. The number of benzene rings is 1. The third-order valence-electron chi connectivity index (χ3n) is 1.95. The van der Waals surface area contributed by atoms with Gasteiger partial charge in [0.1, 0.15) is 5.75 Å². The SMILES string of the molecule is C=C(Br)CCOCc1ccc(OC)cc1. The van der Waals surface area contributed by atoms with Crippen molar-refractivity contribution in [3.05, 3.63) is 40.9 Å². The zero-order chi connectivity index (χ0) is 11.1. The van der Waals surface area contributed by atoms with E-state index in [4.69, 9.17) is 9.47 Å². The van der Waals surface area contributed by atoms with E-state index in [9.17, 15) is 0 Å². The minimum atomic E-state index is 0.629. The second-order valence-corrected chi connectivity index (χ2v) is 4.29. The minimum Gasteiger partial charge on any atom is -0.497 e. The Morgan fingerprint density at radius 3 is 2.53 bits per heavy atom. The molecule has 0 saturated carbocycles. The Bertz CT molecular complexity index is 306. The second kappa shape index (κ2) is 6.64. The van der Waals surface area contributed by atoms with Crippen molar-refractivity contribution >= 4 is 15.9 Å².